The summed E-state index contributed by atoms with van der Waals surface area (Å²) in [6.07, 6.45) is 2.90. The average Bonchev–Trinajstić information content (AvgIpc) is 2.27. The second kappa shape index (κ2) is 4.62. The third kappa shape index (κ3) is 2.39. The van der Waals surface area contributed by atoms with Crippen molar-refractivity contribution >= 4 is 10.9 Å². The highest BCUT2D eigenvalue weighted by Gasteiger charge is 2.09. The first kappa shape index (κ1) is 11.1. The lowest BCUT2D eigenvalue weighted by Gasteiger charge is -2.14. The van der Waals surface area contributed by atoms with Gasteiger partial charge in [0, 0.05) is 17.6 Å². The maximum Gasteiger partial charge on any atom is 0.0702 e. The van der Waals surface area contributed by atoms with E-state index in [1.807, 2.05) is 24.4 Å². The molecule has 0 spiro atoms. The largest absolute Gasteiger partial charge is 0.324 e. The van der Waals surface area contributed by atoms with Crippen LogP contribution in [0.15, 0.2) is 36.5 Å². The van der Waals surface area contributed by atoms with E-state index in [9.17, 15) is 0 Å². The van der Waals surface area contributed by atoms with Crippen molar-refractivity contribution in [2.24, 2.45) is 11.7 Å². The second-order valence-corrected chi connectivity index (χ2v) is 4.70. The molecule has 0 amide bonds. The average molecular weight is 214 g/mol. The van der Waals surface area contributed by atoms with Crippen molar-refractivity contribution in [1.82, 2.24) is 4.98 Å². The van der Waals surface area contributed by atoms with E-state index in [4.69, 9.17) is 5.73 Å². The van der Waals surface area contributed by atoms with Crippen molar-refractivity contribution < 1.29 is 0 Å². The lowest BCUT2D eigenvalue weighted by molar-refractivity contribution is 0.509. The highest BCUT2D eigenvalue weighted by molar-refractivity contribution is 5.78. The van der Waals surface area contributed by atoms with Crippen molar-refractivity contribution in [2.75, 3.05) is 0 Å². The van der Waals surface area contributed by atoms with Crippen molar-refractivity contribution in [2.45, 2.75) is 26.3 Å². The fourth-order valence-corrected chi connectivity index (χ4v) is 1.93. The number of aromatic nitrogens is 1. The van der Waals surface area contributed by atoms with E-state index in [1.54, 1.807) is 0 Å². The predicted molar refractivity (Wildman–Crippen MR) is 68.1 cm³/mol. The molecule has 0 aliphatic rings. The number of benzene rings is 1. The summed E-state index contributed by atoms with van der Waals surface area (Å²) >= 11 is 0. The first-order chi connectivity index (χ1) is 7.66. The standard InChI is InChI=1S/C14H18N2/c1-10(2)7-13(15)12-8-11-5-3-4-6-14(11)16-9-12/h3-6,8-10,13H,7,15H2,1-2H3. The molecule has 0 saturated carbocycles. The second-order valence-electron chi connectivity index (χ2n) is 4.70. The lowest BCUT2D eigenvalue weighted by Crippen LogP contribution is -2.13. The molecule has 0 fully saturated rings. The van der Waals surface area contributed by atoms with Gasteiger partial charge in [-0.05, 0) is 30.0 Å². The zero-order valence-electron chi connectivity index (χ0n) is 9.85. The molecule has 0 radical (unpaired) electrons. The van der Waals surface area contributed by atoms with E-state index < -0.39 is 0 Å². The summed E-state index contributed by atoms with van der Waals surface area (Å²) in [7, 11) is 0. The fourth-order valence-electron chi connectivity index (χ4n) is 1.93. The van der Waals surface area contributed by atoms with Gasteiger partial charge in [0.15, 0.2) is 0 Å². The Morgan fingerprint density at radius 1 is 1.25 bits per heavy atom. The number of para-hydroxylation sites is 1. The minimum Gasteiger partial charge on any atom is -0.324 e. The summed E-state index contributed by atoms with van der Waals surface area (Å²) in [6, 6.07) is 10.4. The van der Waals surface area contributed by atoms with Gasteiger partial charge in [-0.15, -0.1) is 0 Å². The van der Waals surface area contributed by atoms with Crippen LogP contribution in [0.25, 0.3) is 10.9 Å². The number of rotatable bonds is 3. The maximum absolute atomic E-state index is 6.15. The molecular weight excluding hydrogens is 196 g/mol. The fraction of sp³-hybridized carbons (Fsp3) is 0.357. The Morgan fingerprint density at radius 2 is 2.00 bits per heavy atom. The molecular formula is C14H18N2. The van der Waals surface area contributed by atoms with Crippen LogP contribution < -0.4 is 5.73 Å². The quantitative estimate of drug-likeness (QED) is 0.851. The van der Waals surface area contributed by atoms with Crippen LogP contribution in [-0.2, 0) is 0 Å². The maximum atomic E-state index is 6.15. The van der Waals surface area contributed by atoms with E-state index in [0.29, 0.717) is 5.92 Å². The zero-order chi connectivity index (χ0) is 11.5. The van der Waals surface area contributed by atoms with Gasteiger partial charge in [0.2, 0.25) is 0 Å². The van der Waals surface area contributed by atoms with Crippen LogP contribution in [0.1, 0.15) is 31.9 Å². The van der Waals surface area contributed by atoms with Gasteiger partial charge >= 0.3 is 0 Å². The predicted octanol–water partition coefficient (Wildman–Crippen LogP) is 3.28. The summed E-state index contributed by atoms with van der Waals surface area (Å²) < 4.78 is 0. The van der Waals surface area contributed by atoms with Crippen LogP contribution in [0.5, 0.6) is 0 Å². The molecule has 84 valence electrons. The molecule has 1 atom stereocenters. The van der Waals surface area contributed by atoms with Crippen molar-refractivity contribution in [1.29, 1.82) is 0 Å². The van der Waals surface area contributed by atoms with Gasteiger partial charge in [-0.25, -0.2) is 0 Å². The number of hydrogen-bond donors (Lipinski definition) is 1. The van der Waals surface area contributed by atoms with Gasteiger partial charge in [0.25, 0.3) is 0 Å². The van der Waals surface area contributed by atoms with E-state index in [2.05, 4.69) is 31.0 Å². The highest BCUT2D eigenvalue weighted by atomic mass is 14.7. The van der Waals surface area contributed by atoms with Crippen LogP contribution in [0.4, 0.5) is 0 Å². The number of nitrogens with two attached hydrogens (primary N) is 1. The lowest BCUT2D eigenvalue weighted by atomic mass is 9.98. The number of hydrogen-bond acceptors (Lipinski definition) is 2. The van der Waals surface area contributed by atoms with Crippen LogP contribution in [-0.4, -0.2) is 4.98 Å². The van der Waals surface area contributed by atoms with E-state index in [1.165, 1.54) is 5.39 Å². The Morgan fingerprint density at radius 3 is 2.75 bits per heavy atom. The Hall–Kier alpha value is -1.41. The van der Waals surface area contributed by atoms with Crippen LogP contribution in [0.2, 0.25) is 0 Å². The summed E-state index contributed by atoms with van der Waals surface area (Å²) in [5.41, 5.74) is 8.31. The Bertz CT molecular complexity index is 477. The Kier molecular flexibility index (Phi) is 3.20. The molecule has 2 heteroatoms. The molecule has 2 aromatic rings. The molecule has 0 aliphatic carbocycles. The first-order valence-electron chi connectivity index (χ1n) is 5.77. The molecule has 0 aliphatic heterocycles. The number of pyridine rings is 1. The molecule has 0 bridgehead atoms. The minimum absolute atomic E-state index is 0.0945. The summed E-state index contributed by atoms with van der Waals surface area (Å²) in [5, 5.41) is 1.17. The molecule has 0 saturated heterocycles. The van der Waals surface area contributed by atoms with Gasteiger partial charge < -0.3 is 5.73 Å². The first-order valence-corrected chi connectivity index (χ1v) is 5.77. The molecule has 1 unspecified atom stereocenters. The number of fused-ring (bicyclic) bond motifs is 1. The summed E-state index contributed by atoms with van der Waals surface area (Å²) in [6.45, 7) is 4.38. The molecule has 2 N–H and O–H groups in total. The third-order valence-electron chi connectivity index (χ3n) is 2.77. The van der Waals surface area contributed by atoms with E-state index in [0.717, 1.165) is 17.5 Å². The van der Waals surface area contributed by atoms with Gasteiger partial charge in [-0.2, -0.15) is 0 Å². The van der Waals surface area contributed by atoms with Crippen molar-refractivity contribution in [3.63, 3.8) is 0 Å². The minimum atomic E-state index is 0.0945. The monoisotopic (exact) mass is 214 g/mol. The molecule has 1 heterocycles. The van der Waals surface area contributed by atoms with Crippen LogP contribution in [0.3, 0.4) is 0 Å². The molecule has 2 rings (SSSR count). The summed E-state index contributed by atoms with van der Waals surface area (Å²) in [5.74, 6) is 0.612. The molecule has 16 heavy (non-hydrogen) atoms. The Balaban J connectivity index is 2.32. The number of nitrogens with zero attached hydrogens (tertiary/aromatic N) is 1. The third-order valence-corrected chi connectivity index (χ3v) is 2.77. The topological polar surface area (TPSA) is 38.9 Å². The molecule has 2 nitrogen and oxygen atoms in total. The Labute approximate surface area is 96.5 Å². The van der Waals surface area contributed by atoms with Gasteiger partial charge in [-0.3, -0.25) is 4.98 Å². The van der Waals surface area contributed by atoms with Crippen molar-refractivity contribution in [3.8, 4) is 0 Å². The molecule has 1 aromatic heterocycles. The smallest absolute Gasteiger partial charge is 0.0702 e. The van der Waals surface area contributed by atoms with E-state index >= 15 is 0 Å². The summed E-state index contributed by atoms with van der Waals surface area (Å²) in [4.78, 5) is 4.43. The zero-order valence-corrected chi connectivity index (χ0v) is 9.85. The van der Waals surface area contributed by atoms with Gasteiger partial charge in [0.05, 0.1) is 5.52 Å². The van der Waals surface area contributed by atoms with E-state index in [-0.39, 0.29) is 6.04 Å². The van der Waals surface area contributed by atoms with Crippen molar-refractivity contribution in [3.05, 3.63) is 42.1 Å². The van der Waals surface area contributed by atoms with Gasteiger partial charge in [0.1, 0.15) is 0 Å². The SMILES string of the molecule is CC(C)CC(N)c1cnc2ccccc2c1. The van der Waals surface area contributed by atoms with Crippen LogP contribution >= 0.6 is 0 Å². The normalized spacial score (nSPS) is 13.2. The van der Waals surface area contributed by atoms with Crippen LogP contribution in [0, 0.1) is 5.92 Å². The van der Waals surface area contributed by atoms with Gasteiger partial charge in [-0.1, -0.05) is 32.0 Å². The molecule has 1 aromatic carbocycles. The highest BCUT2D eigenvalue weighted by Crippen LogP contribution is 2.21.